The molecule has 0 amide bonds. The largest absolute Gasteiger partial charge is 0.407 e. The predicted molar refractivity (Wildman–Crippen MR) is 174 cm³/mol. The molecule has 0 aliphatic heterocycles. The lowest BCUT2D eigenvalue weighted by Gasteiger charge is -2.43. The van der Waals surface area contributed by atoms with Crippen LogP contribution in [0.3, 0.4) is 0 Å². The molecule has 2 aromatic carbocycles. The van der Waals surface area contributed by atoms with Gasteiger partial charge in [0.05, 0.1) is 6.10 Å². The van der Waals surface area contributed by atoms with Gasteiger partial charge in [0.2, 0.25) is 0 Å². The van der Waals surface area contributed by atoms with Crippen LogP contribution in [0.1, 0.15) is 119 Å². The predicted octanol–water partition coefficient (Wildman–Crippen LogP) is 9.21. The summed E-state index contributed by atoms with van der Waals surface area (Å²) in [4.78, 5) is 0. The van der Waals surface area contributed by atoms with Crippen molar-refractivity contribution in [2.24, 2.45) is 5.92 Å². The van der Waals surface area contributed by atoms with Gasteiger partial charge in [0, 0.05) is 12.5 Å². The number of benzene rings is 2. The number of hydrogen-bond acceptors (Lipinski definition) is 2. The highest BCUT2D eigenvalue weighted by Gasteiger charge is 2.50. The lowest BCUT2D eigenvalue weighted by Crippen LogP contribution is -2.67. The summed E-state index contributed by atoms with van der Waals surface area (Å²) < 4.78 is 7.07. The van der Waals surface area contributed by atoms with Crippen molar-refractivity contribution in [2.75, 3.05) is 6.61 Å². The summed E-state index contributed by atoms with van der Waals surface area (Å²) in [5.74, 6) is 0.0280. The number of aliphatic hydroxyl groups is 1. The molecule has 3 heteroatoms. The molecular weight excluding hydrogens is 492 g/mol. The Morgan fingerprint density at radius 2 is 1.21 bits per heavy atom. The highest BCUT2D eigenvalue weighted by atomic mass is 28.4. The van der Waals surface area contributed by atoms with Crippen molar-refractivity contribution in [3.05, 3.63) is 72.3 Å². The van der Waals surface area contributed by atoms with Gasteiger partial charge in [-0.05, 0) is 40.8 Å². The number of rotatable bonds is 19. The molecule has 0 bridgehead atoms. The number of hydrogen-bond donors (Lipinski definition) is 1. The smallest absolute Gasteiger partial charge is 0.261 e. The SMILES string of the molecule is CCCCCCCCCCCCC/C=C(\C)[C@@H](O)[C@@H](C)CO[Si](c1ccccc1)(c1ccccc1)C(C)(C)C. The van der Waals surface area contributed by atoms with E-state index in [0.717, 1.165) is 12.0 Å². The molecule has 2 atom stereocenters. The highest BCUT2D eigenvalue weighted by molar-refractivity contribution is 6.99. The van der Waals surface area contributed by atoms with Crippen LogP contribution >= 0.6 is 0 Å². The maximum atomic E-state index is 11.2. The molecule has 0 saturated carbocycles. The maximum Gasteiger partial charge on any atom is 0.261 e. The van der Waals surface area contributed by atoms with Gasteiger partial charge in [0.1, 0.15) is 0 Å². The van der Waals surface area contributed by atoms with Gasteiger partial charge in [0.25, 0.3) is 8.32 Å². The first kappa shape index (κ1) is 33.5. The van der Waals surface area contributed by atoms with Crippen LogP contribution in [0.2, 0.25) is 5.04 Å². The second kappa shape index (κ2) is 17.9. The van der Waals surface area contributed by atoms with E-state index in [2.05, 4.69) is 108 Å². The molecule has 0 fully saturated rings. The van der Waals surface area contributed by atoms with Gasteiger partial charge < -0.3 is 9.53 Å². The third-order valence-electron chi connectivity index (χ3n) is 8.26. The van der Waals surface area contributed by atoms with Gasteiger partial charge in [-0.3, -0.25) is 0 Å². The Hall–Kier alpha value is -1.68. The maximum absolute atomic E-state index is 11.2. The summed E-state index contributed by atoms with van der Waals surface area (Å²) in [6.45, 7) is 13.9. The minimum absolute atomic E-state index is 0.0280. The number of aliphatic hydroxyl groups excluding tert-OH is 1. The molecule has 2 nitrogen and oxygen atoms in total. The molecule has 39 heavy (non-hydrogen) atoms. The van der Waals surface area contributed by atoms with Crippen LogP contribution in [-0.4, -0.2) is 26.1 Å². The van der Waals surface area contributed by atoms with Crippen molar-refractivity contribution < 1.29 is 9.53 Å². The Balaban J connectivity index is 1.89. The van der Waals surface area contributed by atoms with Crippen LogP contribution in [0.15, 0.2) is 72.3 Å². The summed E-state index contributed by atoms with van der Waals surface area (Å²) in [5, 5.41) is 13.7. The second-order valence-electron chi connectivity index (χ2n) is 12.7. The molecule has 2 rings (SSSR count). The Morgan fingerprint density at radius 3 is 1.64 bits per heavy atom. The average molecular weight is 551 g/mol. The molecule has 1 N–H and O–H groups in total. The van der Waals surface area contributed by atoms with Crippen molar-refractivity contribution in [1.82, 2.24) is 0 Å². The van der Waals surface area contributed by atoms with E-state index >= 15 is 0 Å². The van der Waals surface area contributed by atoms with Crippen molar-refractivity contribution >= 4 is 18.7 Å². The Bertz CT molecular complexity index is 877. The van der Waals surface area contributed by atoms with E-state index < -0.39 is 14.4 Å². The normalized spacial score (nSPS) is 14.4. The molecule has 0 aromatic heterocycles. The molecule has 0 aliphatic carbocycles. The molecule has 0 heterocycles. The van der Waals surface area contributed by atoms with Crippen LogP contribution in [0.5, 0.6) is 0 Å². The number of allylic oxidation sites excluding steroid dienone is 1. The second-order valence-corrected chi connectivity index (χ2v) is 17.0. The minimum Gasteiger partial charge on any atom is -0.407 e. The minimum atomic E-state index is -2.58. The summed E-state index contributed by atoms with van der Waals surface area (Å²) in [6, 6.07) is 21.5. The molecule has 0 aliphatic rings. The van der Waals surface area contributed by atoms with E-state index in [1.165, 1.54) is 81.0 Å². The van der Waals surface area contributed by atoms with Gasteiger partial charge in [-0.2, -0.15) is 0 Å². The quantitative estimate of drug-likeness (QED) is 0.107. The van der Waals surface area contributed by atoms with E-state index in [0.29, 0.717) is 6.61 Å². The lowest BCUT2D eigenvalue weighted by molar-refractivity contribution is 0.108. The molecule has 0 saturated heterocycles. The first-order valence-corrected chi connectivity index (χ1v) is 17.7. The summed E-state index contributed by atoms with van der Waals surface area (Å²) in [5.41, 5.74) is 1.08. The van der Waals surface area contributed by atoms with Crippen molar-refractivity contribution in [3.63, 3.8) is 0 Å². The van der Waals surface area contributed by atoms with Crippen molar-refractivity contribution in [1.29, 1.82) is 0 Å². The summed E-state index contributed by atoms with van der Waals surface area (Å²) >= 11 is 0. The van der Waals surface area contributed by atoms with E-state index in [-0.39, 0.29) is 11.0 Å². The monoisotopic (exact) mass is 550 g/mol. The number of unbranched alkanes of at least 4 members (excludes halogenated alkanes) is 11. The van der Waals surface area contributed by atoms with E-state index in [4.69, 9.17) is 4.43 Å². The Kier molecular flexibility index (Phi) is 15.4. The van der Waals surface area contributed by atoms with Crippen molar-refractivity contribution in [2.45, 2.75) is 130 Å². The molecule has 0 radical (unpaired) electrons. The third-order valence-corrected chi connectivity index (χ3v) is 13.3. The molecule has 2 aromatic rings. The van der Waals surface area contributed by atoms with Gasteiger partial charge >= 0.3 is 0 Å². The van der Waals surface area contributed by atoms with Crippen molar-refractivity contribution in [3.8, 4) is 0 Å². The zero-order valence-corrected chi connectivity index (χ0v) is 27.1. The third kappa shape index (κ3) is 10.7. The highest BCUT2D eigenvalue weighted by Crippen LogP contribution is 2.37. The fourth-order valence-electron chi connectivity index (χ4n) is 5.82. The van der Waals surface area contributed by atoms with Crippen LogP contribution in [0, 0.1) is 5.92 Å². The lowest BCUT2D eigenvalue weighted by atomic mass is 9.98. The molecule has 0 unspecified atom stereocenters. The van der Waals surface area contributed by atoms with Gasteiger partial charge in [0.15, 0.2) is 0 Å². The van der Waals surface area contributed by atoms with E-state index in [1.807, 2.05) is 0 Å². The summed E-state index contributed by atoms with van der Waals surface area (Å²) in [7, 11) is -2.58. The first-order valence-electron chi connectivity index (χ1n) is 15.8. The Labute approximate surface area is 242 Å². The van der Waals surface area contributed by atoms with Gasteiger partial charge in [-0.1, -0.05) is 166 Å². The zero-order chi connectivity index (χ0) is 28.6. The topological polar surface area (TPSA) is 29.5 Å². The van der Waals surface area contributed by atoms with E-state index in [9.17, 15) is 5.11 Å². The van der Waals surface area contributed by atoms with E-state index in [1.54, 1.807) is 0 Å². The Morgan fingerprint density at radius 1 is 0.769 bits per heavy atom. The zero-order valence-electron chi connectivity index (χ0n) is 26.1. The molecular formula is C36H58O2Si. The molecule has 0 spiro atoms. The fourth-order valence-corrected chi connectivity index (χ4v) is 10.5. The van der Waals surface area contributed by atoms with Crippen LogP contribution in [-0.2, 0) is 4.43 Å². The van der Waals surface area contributed by atoms with Gasteiger partial charge in [-0.25, -0.2) is 0 Å². The summed E-state index contributed by atoms with van der Waals surface area (Å²) in [6.07, 6.45) is 17.8. The first-order chi connectivity index (χ1) is 18.7. The van der Waals surface area contributed by atoms with Gasteiger partial charge in [-0.15, -0.1) is 0 Å². The fraction of sp³-hybridized carbons (Fsp3) is 0.611. The van der Waals surface area contributed by atoms with Crippen LogP contribution < -0.4 is 10.4 Å². The van der Waals surface area contributed by atoms with Crippen LogP contribution in [0.4, 0.5) is 0 Å². The molecule has 218 valence electrons. The van der Waals surface area contributed by atoms with Crippen LogP contribution in [0.25, 0.3) is 0 Å². The average Bonchev–Trinajstić information content (AvgIpc) is 2.93. The standard InChI is InChI=1S/C36H58O2Si/c1-7-8-9-10-11-12-13-14-15-16-17-20-25-31(2)35(37)32(3)30-38-39(36(4,5)6,33-26-21-18-22-27-33)34-28-23-19-24-29-34/h18-19,21-29,32,35,37H,7-17,20,30H2,1-6H3/b31-25+/t32-,35+/m0/s1.